The molecular weight excluding hydrogens is 288 g/mol. The second-order valence-electron chi connectivity index (χ2n) is 5.82. The maximum absolute atomic E-state index is 11.7. The van der Waals surface area contributed by atoms with Gasteiger partial charge in [0, 0.05) is 31.5 Å². The number of sulfonamides is 1. The highest BCUT2D eigenvalue weighted by Crippen LogP contribution is 2.29. The zero-order valence-electron chi connectivity index (χ0n) is 12.6. The fraction of sp³-hybridized carbons (Fsp3) is 0.643. The third-order valence-corrected chi connectivity index (χ3v) is 5.43. The molecule has 1 aromatic rings. The van der Waals surface area contributed by atoms with Crippen LogP contribution in [0.1, 0.15) is 36.4 Å². The lowest BCUT2D eigenvalue weighted by molar-refractivity contribution is 0.238. The maximum atomic E-state index is 11.7. The topological polar surface area (TPSA) is 88.3 Å². The number of nitrogens with two attached hydrogens (primary N) is 1. The molecule has 7 heteroatoms. The van der Waals surface area contributed by atoms with E-state index in [4.69, 9.17) is 5.84 Å². The Kier molecular flexibility index (Phi) is 5.32. The average molecular weight is 312 g/mol. The lowest BCUT2D eigenvalue weighted by Crippen LogP contribution is -2.41. The number of aryl methyl sites for hydroxylation is 1. The third kappa shape index (κ3) is 4.23. The Bertz CT molecular complexity index is 576. The summed E-state index contributed by atoms with van der Waals surface area (Å²) in [5.74, 6) is 6.03. The van der Waals surface area contributed by atoms with Crippen molar-refractivity contribution < 1.29 is 8.42 Å². The number of hydrogen-bond donors (Lipinski definition) is 2. The summed E-state index contributed by atoms with van der Waals surface area (Å²) >= 11 is 0. The van der Waals surface area contributed by atoms with Crippen LogP contribution in [0.5, 0.6) is 0 Å². The van der Waals surface area contributed by atoms with Crippen molar-refractivity contribution in [3.05, 3.63) is 29.6 Å². The number of piperidine rings is 1. The van der Waals surface area contributed by atoms with Crippen molar-refractivity contribution in [3.8, 4) is 0 Å². The fourth-order valence-electron chi connectivity index (χ4n) is 3.01. The average Bonchev–Trinajstić information content (AvgIpc) is 2.45. The molecule has 0 amide bonds. The van der Waals surface area contributed by atoms with Crippen LogP contribution in [0.15, 0.2) is 18.5 Å². The van der Waals surface area contributed by atoms with E-state index in [0.29, 0.717) is 19.0 Å². The highest BCUT2D eigenvalue weighted by atomic mass is 32.2. The smallest absolute Gasteiger partial charge is 0.211 e. The van der Waals surface area contributed by atoms with E-state index < -0.39 is 10.0 Å². The maximum Gasteiger partial charge on any atom is 0.211 e. The van der Waals surface area contributed by atoms with Gasteiger partial charge in [0.1, 0.15) is 0 Å². The van der Waals surface area contributed by atoms with Gasteiger partial charge in [-0.25, -0.2) is 12.7 Å². The van der Waals surface area contributed by atoms with E-state index in [-0.39, 0.29) is 6.04 Å². The van der Waals surface area contributed by atoms with Gasteiger partial charge in [-0.3, -0.25) is 16.3 Å². The fourth-order valence-corrected chi connectivity index (χ4v) is 3.96. The molecule has 1 aromatic heterocycles. The second kappa shape index (κ2) is 6.83. The van der Waals surface area contributed by atoms with Crippen LogP contribution in [0.4, 0.5) is 0 Å². The van der Waals surface area contributed by atoms with Gasteiger partial charge < -0.3 is 0 Å². The van der Waals surface area contributed by atoms with Gasteiger partial charge in [-0.2, -0.15) is 0 Å². The van der Waals surface area contributed by atoms with Crippen molar-refractivity contribution in [2.75, 3.05) is 19.3 Å². The zero-order chi connectivity index (χ0) is 15.5. The molecule has 21 heavy (non-hydrogen) atoms. The first kappa shape index (κ1) is 16.4. The normalized spacial score (nSPS) is 22.1. The molecule has 118 valence electrons. The molecule has 1 aliphatic heterocycles. The van der Waals surface area contributed by atoms with Crippen molar-refractivity contribution in [1.82, 2.24) is 14.7 Å². The number of hydrazine groups is 1. The Morgan fingerprint density at radius 3 is 2.95 bits per heavy atom. The van der Waals surface area contributed by atoms with E-state index in [0.717, 1.165) is 30.4 Å². The third-order valence-electron chi connectivity index (χ3n) is 4.16. The molecular formula is C14H24N4O2S. The summed E-state index contributed by atoms with van der Waals surface area (Å²) in [6.07, 6.45) is 7.63. The minimum absolute atomic E-state index is 0.0255. The van der Waals surface area contributed by atoms with Crippen LogP contribution in [-0.4, -0.2) is 37.1 Å². The van der Waals surface area contributed by atoms with Gasteiger partial charge in [0.15, 0.2) is 0 Å². The van der Waals surface area contributed by atoms with Gasteiger partial charge in [0.2, 0.25) is 10.0 Å². The summed E-state index contributed by atoms with van der Waals surface area (Å²) in [5.41, 5.74) is 5.09. The number of nitrogens with one attached hydrogen (secondary N) is 1. The van der Waals surface area contributed by atoms with Gasteiger partial charge in [0.05, 0.1) is 6.26 Å². The molecule has 0 spiro atoms. The molecule has 3 N–H and O–H groups in total. The molecule has 2 unspecified atom stereocenters. The Hall–Kier alpha value is -1.02. The number of hydrogen-bond acceptors (Lipinski definition) is 5. The van der Waals surface area contributed by atoms with Crippen LogP contribution in [-0.2, 0) is 10.0 Å². The van der Waals surface area contributed by atoms with Gasteiger partial charge in [-0.05, 0) is 49.3 Å². The lowest BCUT2D eigenvalue weighted by atomic mass is 9.89. The van der Waals surface area contributed by atoms with Crippen LogP contribution in [0.2, 0.25) is 0 Å². The zero-order valence-corrected chi connectivity index (χ0v) is 13.4. The first-order valence-electron chi connectivity index (χ1n) is 7.23. The number of nitrogens with zero attached hydrogens (tertiary/aromatic N) is 2. The minimum atomic E-state index is -3.10. The highest BCUT2D eigenvalue weighted by Gasteiger charge is 2.28. The molecule has 2 rings (SSSR count). The van der Waals surface area contributed by atoms with Crippen LogP contribution < -0.4 is 11.3 Å². The van der Waals surface area contributed by atoms with E-state index in [2.05, 4.69) is 10.4 Å². The molecule has 1 saturated heterocycles. The van der Waals surface area contributed by atoms with Crippen LogP contribution >= 0.6 is 0 Å². The van der Waals surface area contributed by atoms with E-state index >= 15 is 0 Å². The minimum Gasteiger partial charge on any atom is -0.271 e. The summed E-state index contributed by atoms with van der Waals surface area (Å²) in [6, 6.07) is 1.99. The quantitative estimate of drug-likeness (QED) is 0.624. The molecule has 0 radical (unpaired) electrons. The monoisotopic (exact) mass is 312 g/mol. The SMILES string of the molecule is Cc1cnccc1C(CC1CCCN(S(C)(=O)=O)C1)NN. The standard InChI is InChI=1S/C14H24N4O2S/c1-11-9-16-6-5-13(11)14(17-15)8-12-4-3-7-18(10-12)21(2,19)20/h5-6,9,12,14,17H,3-4,7-8,10,15H2,1-2H3. The summed E-state index contributed by atoms with van der Waals surface area (Å²) in [7, 11) is -3.10. The largest absolute Gasteiger partial charge is 0.271 e. The van der Waals surface area contributed by atoms with E-state index in [1.807, 2.05) is 19.2 Å². The van der Waals surface area contributed by atoms with Crippen molar-refractivity contribution in [2.45, 2.75) is 32.2 Å². The Morgan fingerprint density at radius 1 is 1.57 bits per heavy atom. The molecule has 2 heterocycles. The molecule has 0 aromatic carbocycles. The van der Waals surface area contributed by atoms with Crippen molar-refractivity contribution >= 4 is 10.0 Å². The first-order chi connectivity index (χ1) is 9.91. The molecule has 6 nitrogen and oxygen atoms in total. The van der Waals surface area contributed by atoms with Crippen molar-refractivity contribution in [3.63, 3.8) is 0 Å². The Morgan fingerprint density at radius 2 is 2.33 bits per heavy atom. The van der Waals surface area contributed by atoms with Gasteiger partial charge in [-0.1, -0.05) is 0 Å². The van der Waals surface area contributed by atoms with Gasteiger partial charge in [0.25, 0.3) is 0 Å². The molecule has 0 bridgehead atoms. The number of pyridine rings is 1. The van der Waals surface area contributed by atoms with Crippen molar-refractivity contribution in [2.24, 2.45) is 11.8 Å². The summed E-state index contributed by atoms with van der Waals surface area (Å²) in [4.78, 5) is 4.10. The van der Waals surface area contributed by atoms with Gasteiger partial charge >= 0.3 is 0 Å². The molecule has 0 aliphatic carbocycles. The summed E-state index contributed by atoms with van der Waals surface area (Å²) in [6.45, 7) is 3.22. The first-order valence-corrected chi connectivity index (χ1v) is 9.08. The van der Waals surface area contributed by atoms with Gasteiger partial charge in [-0.15, -0.1) is 0 Å². The highest BCUT2D eigenvalue weighted by molar-refractivity contribution is 7.88. The van der Waals surface area contributed by atoms with E-state index in [9.17, 15) is 8.42 Å². The van der Waals surface area contributed by atoms with Crippen LogP contribution in [0, 0.1) is 12.8 Å². The molecule has 1 aliphatic rings. The molecule has 2 atom stereocenters. The van der Waals surface area contributed by atoms with E-state index in [1.165, 1.54) is 6.26 Å². The Labute approximate surface area is 126 Å². The predicted octanol–water partition coefficient (Wildman–Crippen LogP) is 0.956. The second-order valence-corrected chi connectivity index (χ2v) is 7.80. The van der Waals surface area contributed by atoms with Crippen LogP contribution in [0.25, 0.3) is 0 Å². The van der Waals surface area contributed by atoms with Crippen molar-refractivity contribution in [1.29, 1.82) is 0 Å². The van der Waals surface area contributed by atoms with E-state index in [1.54, 1.807) is 10.5 Å². The lowest BCUT2D eigenvalue weighted by Gasteiger charge is -2.33. The molecule has 1 fully saturated rings. The molecule has 0 saturated carbocycles. The number of aromatic nitrogens is 1. The van der Waals surface area contributed by atoms with Crippen LogP contribution in [0.3, 0.4) is 0 Å². The predicted molar refractivity (Wildman–Crippen MR) is 82.8 cm³/mol. The summed E-state index contributed by atoms with van der Waals surface area (Å²) in [5, 5.41) is 0. The summed E-state index contributed by atoms with van der Waals surface area (Å²) < 4.78 is 25.0. The number of rotatable bonds is 5. The Balaban J connectivity index is 2.07.